The normalized spacial score (nSPS) is 11.9. The number of halogens is 1. The molecule has 1 aliphatic rings. The van der Waals surface area contributed by atoms with E-state index >= 15 is 0 Å². The Balaban J connectivity index is 1.42. The van der Waals surface area contributed by atoms with E-state index in [2.05, 4.69) is 10.6 Å². The zero-order valence-corrected chi connectivity index (χ0v) is 14.4. The summed E-state index contributed by atoms with van der Waals surface area (Å²) in [7, 11) is 0. The van der Waals surface area contributed by atoms with Crippen LogP contribution in [0.1, 0.15) is 10.4 Å². The topological polar surface area (TPSA) is 59.6 Å². The van der Waals surface area contributed by atoms with Gasteiger partial charge in [-0.05, 0) is 60.7 Å². The summed E-state index contributed by atoms with van der Waals surface area (Å²) in [4.78, 5) is 12.2. The second-order valence-electron chi connectivity index (χ2n) is 5.73. The molecule has 6 heteroatoms. The quantitative estimate of drug-likeness (QED) is 0.677. The molecule has 130 valence electrons. The van der Waals surface area contributed by atoms with Crippen molar-refractivity contribution in [3.05, 3.63) is 77.3 Å². The van der Waals surface area contributed by atoms with Crippen molar-refractivity contribution in [2.75, 3.05) is 17.4 Å². The lowest BCUT2D eigenvalue weighted by Crippen LogP contribution is -2.11. The Kier molecular flexibility index (Phi) is 4.37. The Labute approximate surface area is 155 Å². The molecule has 0 fully saturated rings. The van der Waals surface area contributed by atoms with Crippen LogP contribution in [0.3, 0.4) is 0 Å². The molecule has 0 aromatic heterocycles. The number of hydrogen-bond donors (Lipinski definition) is 2. The van der Waals surface area contributed by atoms with Crippen LogP contribution in [0.4, 0.5) is 17.1 Å². The van der Waals surface area contributed by atoms with Crippen LogP contribution >= 0.6 is 11.6 Å². The first-order chi connectivity index (χ1) is 12.7. The summed E-state index contributed by atoms with van der Waals surface area (Å²) in [5.41, 5.74) is 3.05. The maximum Gasteiger partial charge on any atom is 0.255 e. The Bertz CT molecular complexity index is 940. The molecule has 5 nitrogen and oxygen atoms in total. The summed E-state index contributed by atoms with van der Waals surface area (Å²) >= 11 is 5.84. The van der Waals surface area contributed by atoms with E-state index in [0.717, 1.165) is 22.9 Å². The van der Waals surface area contributed by atoms with Crippen LogP contribution in [0.2, 0.25) is 5.02 Å². The minimum absolute atomic E-state index is 0.182. The van der Waals surface area contributed by atoms with E-state index < -0.39 is 0 Å². The number of rotatable bonds is 4. The molecule has 4 rings (SSSR count). The van der Waals surface area contributed by atoms with Gasteiger partial charge < -0.3 is 20.1 Å². The third-order valence-electron chi connectivity index (χ3n) is 3.91. The van der Waals surface area contributed by atoms with Gasteiger partial charge in [0, 0.05) is 33.7 Å². The second kappa shape index (κ2) is 6.98. The molecule has 1 heterocycles. The number of carbonyl (C=O) groups excluding carboxylic acids is 1. The number of fused-ring (bicyclic) bond motifs is 1. The number of hydrogen-bond acceptors (Lipinski definition) is 4. The first-order valence-electron chi connectivity index (χ1n) is 8.01. The van der Waals surface area contributed by atoms with Gasteiger partial charge in [0.25, 0.3) is 5.91 Å². The number of nitrogens with one attached hydrogen (secondary N) is 2. The van der Waals surface area contributed by atoms with Gasteiger partial charge in [0.2, 0.25) is 6.79 Å². The number of carbonyl (C=O) groups is 1. The summed E-state index contributed by atoms with van der Waals surface area (Å²) in [6.45, 7) is 0.251. The third kappa shape index (κ3) is 3.58. The highest BCUT2D eigenvalue weighted by Crippen LogP contribution is 2.35. The highest BCUT2D eigenvalue weighted by molar-refractivity contribution is 6.30. The maximum absolute atomic E-state index is 12.2. The molecule has 0 bridgehead atoms. The number of anilines is 3. The fourth-order valence-electron chi connectivity index (χ4n) is 2.58. The Morgan fingerprint density at radius 1 is 0.808 bits per heavy atom. The predicted molar refractivity (Wildman–Crippen MR) is 102 cm³/mol. The average molecular weight is 367 g/mol. The lowest BCUT2D eigenvalue weighted by atomic mass is 10.2. The molecule has 1 amide bonds. The Hall–Kier alpha value is -3.18. The summed E-state index contributed by atoms with van der Waals surface area (Å²) < 4.78 is 10.7. The molecule has 0 atom stereocenters. The zero-order chi connectivity index (χ0) is 17.9. The molecule has 1 aliphatic heterocycles. The average Bonchev–Trinajstić information content (AvgIpc) is 3.12. The van der Waals surface area contributed by atoms with Crippen molar-refractivity contribution in [3.8, 4) is 11.5 Å². The summed E-state index contributed by atoms with van der Waals surface area (Å²) in [5.74, 6) is 1.29. The monoisotopic (exact) mass is 366 g/mol. The summed E-state index contributed by atoms with van der Waals surface area (Å²) in [6, 6.07) is 19.9. The maximum atomic E-state index is 12.2. The van der Waals surface area contributed by atoms with Crippen LogP contribution in [-0.2, 0) is 0 Å². The number of amides is 1. The first kappa shape index (κ1) is 16.3. The molecular formula is C20H15ClN2O3. The Morgan fingerprint density at radius 3 is 2.23 bits per heavy atom. The second-order valence-corrected chi connectivity index (χ2v) is 6.17. The molecule has 26 heavy (non-hydrogen) atoms. The van der Waals surface area contributed by atoms with Crippen LogP contribution < -0.4 is 20.1 Å². The molecule has 0 unspecified atom stereocenters. The van der Waals surface area contributed by atoms with Gasteiger partial charge in [-0.2, -0.15) is 0 Å². The van der Waals surface area contributed by atoms with Gasteiger partial charge in [0.05, 0.1) is 0 Å². The predicted octanol–water partition coefficient (Wildman–Crippen LogP) is 5.06. The van der Waals surface area contributed by atoms with Crippen molar-refractivity contribution in [3.63, 3.8) is 0 Å². The van der Waals surface area contributed by atoms with Crippen molar-refractivity contribution in [2.24, 2.45) is 0 Å². The van der Waals surface area contributed by atoms with Crippen molar-refractivity contribution in [2.45, 2.75) is 0 Å². The van der Waals surface area contributed by atoms with Gasteiger partial charge in [-0.1, -0.05) is 11.6 Å². The molecule has 0 aliphatic carbocycles. The minimum Gasteiger partial charge on any atom is -0.454 e. The van der Waals surface area contributed by atoms with E-state index in [1.165, 1.54) is 0 Å². The van der Waals surface area contributed by atoms with E-state index in [1.807, 2.05) is 42.5 Å². The van der Waals surface area contributed by atoms with Gasteiger partial charge in [-0.25, -0.2) is 0 Å². The zero-order valence-electron chi connectivity index (χ0n) is 13.7. The van der Waals surface area contributed by atoms with Gasteiger partial charge in [0.15, 0.2) is 11.5 Å². The molecule has 2 N–H and O–H groups in total. The molecule has 3 aromatic rings. The van der Waals surface area contributed by atoms with Crippen LogP contribution in [0.5, 0.6) is 11.5 Å². The van der Waals surface area contributed by atoms with Crippen LogP contribution in [-0.4, -0.2) is 12.7 Å². The van der Waals surface area contributed by atoms with Gasteiger partial charge >= 0.3 is 0 Å². The lowest BCUT2D eigenvalue weighted by molar-refractivity contribution is 0.102. The van der Waals surface area contributed by atoms with Gasteiger partial charge in [-0.3, -0.25) is 4.79 Å². The molecule has 0 radical (unpaired) electrons. The minimum atomic E-state index is -0.182. The van der Waals surface area contributed by atoms with E-state index in [9.17, 15) is 4.79 Å². The van der Waals surface area contributed by atoms with E-state index in [4.69, 9.17) is 21.1 Å². The largest absolute Gasteiger partial charge is 0.454 e. The molecule has 0 spiro atoms. The van der Waals surface area contributed by atoms with Gasteiger partial charge in [0.1, 0.15) is 0 Å². The van der Waals surface area contributed by atoms with Crippen LogP contribution in [0.25, 0.3) is 0 Å². The van der Waals surface area contributed by atoms with E-state index in [0.29, 0.717) is 16.3 Å². The fraction of sp³-hybridized carbons (Fsp3) is 0.0500. The molecule has 0 saturated heterocycles. The van der Waals surface area contributed by atoms with Crippen molar-refractivity contribution in [1.82, 2.24) is 0 Å². The molecular weight excluding hydrogens is 352 g/mol. The lowest BCUT2D eigenvalue weighted by Gasteiger charge is -2.09. The number of benzene rings is 3. The standard InChI is InChI=1S/C20H15ClN2O3/c21-14-3-1-13(2-4-14)20(24)23-16-7-5-15(6-8-16)22-17-9-10-18-19(11-17)26-12-25-18/h1-11,22H,12H2,(H,23,24). The first-order valence-corrected chi connectivity index (χ1v) is 8.39. The SMILES string of the molecule is O=C(Nc1ccc(Nc2ccc3c(c2)OCO3)cc1)c1ccc(Cl)cc1. The van der Waals surface area contributed by atoms with E-state index in [-0.39, 0.29) is 12.7 Å². The molecule has 0 saturated carbocycles. The van der Waals surface area contributed by atoms with Crippen molar-refractivity contribution in [1.29, 1.82) is 0 Å². The van der Waals surface area contributed by atoms with Crippen LogP contribution in [0.15, 0.2) is 66.7 Å². The van der Waals surface area contributed by atoms with Crippen molar-refractivity contribution < 1.29 is 14.3 Å². The smallest absolute Gasteiger partial charge is 0.255 e. The number of ether oxygens (including phenoxy) is 2. The highest BCUT2D eigenvalue weighted by Gasteiger charge is 2.13. The summed E-state index contributed by atoms with van der Waals surface area (Å²) in [6.07, 6.45) is 0. The summed E-state index contributed by atoms with van der Waals surface area (Å²) in [5, 5.41) is 6.74. The van der Waals surface area contributed by atoms with E-state index in [1.54, 1.807) is 24.3 Å². The molecule has 3 aromatic carbocycles. The van der Waals surface area contributed by atoms with Crippen molar-refractivity contribution >= 4 is 34.6 Å². The Morgan fingerprint density at radius 2 is 1.46 bits per heavy atom. The van der Waals surface area contributed by atoms with Crippen LogP contribution in [0, 0.1) is 0 Å². The van der Waals surface area contributed by atoms with Gasteiger partial charge in [-0.15, -0.1) is 0 Å². The third-order valence-corrected chi connectivity index (χ3v) is 4.16. The highest BCUT2D eigenvalue weighted by atomic mass is 35.5. The fourth-order valence-corrected chi connectivity index (χ4v) is 2.71.